The van der Waals surface area contributed by atoms with Gasteiger partial charge in [-0.25, -0.2) is 4.79 Å². The van der Waals surface area contributed by atoms with E-state index in [1.54, 1.807) is 32.9 Å². The van der Waals surface area contributed by atoms with E-state index in [1.165, 1.54) is 12.1 Å². The molecule has 1 amide bonds. The molecule has 0 atom stereocenters. The Labute approximate surface area is 109 Å². The number of nitrogens with one attached hydrogen (secondary N) is 1. The summed E-state index contributed by atoms with van der Waals surface area (Å²) >= 11 is 0.459. The predicted molar refractivity (Wildman–Crippen MR) is 68.2 cm³/mol. The van der Waals surface area contributed by atoms with Gasteiger partial charge in [0, 0.05) is 10.6 Å². The summed E-state index contributed by atoms with van der Waals surface area (Å²) in [4.78, 5) is 11.9. The highest BCUT2D eigenvalue weighted by atomic mass is 32.2. The van der Waals surface area contributed by atoms with Gasteiger partial charge >= 0.3 is 6.09 Å². The highest BCUT2D eigenvalue weighted by Crippen LogP contribution is 2.26. The minimum absolute atomic E-state index is 0.444. The Morgan fingerprint density at radius 2 is 1.83 bits per heavy atom. The molecule has 0 heterocycles. The van der Waals surface area contributed by atoms with Crippen LogP contribution >= 0.6 is 11.8 Å². The molecule has 0 aromatic heterocycles. The van der Waals surface area contributed by atoms with Crippen LogP contribution in [-0.4, -0.2) is 17.5 Å². The van der Waals surface area contributed by atoms with Crippen LogP contribution in [0.5, 0.6) is 0 Å². The van der Waals surface area contributed by atoms with E-state index in [4.69, 9.17) is 4.74 Å². The van der Waals surface area contributed by atoms with Gasteiger partial charge in [0.1, 0.15) is 5.60 Å². The molecule has 0 fully saturated rings. The number of hydrogen-bond donors (Lipinski definition) is 1. The standard InChI is InChI=1S/C12H15F2NO2S/c1-12(2,3)17-11(16)15-8-4-6-9(7-5-8)18-10(13)14/h4-7,10H,1-3H3,(H,15,16). The molecule has 6 heteroatoms. The van der Waals surface area contributed by atoms with E-state index in [9.17, 15) is 13.6 Å². The molecule has 0 aliphatic carbocycles. The lowest BCUT2D eigenvalue weighted by atomic mass is 10.2. The summed E-state index contributed by atoms with van der Waals surface area (Å²) in [5.74, 6) is -2.45. The van der Waals surface area contributed by atoms with Crippen molar-refractivity contribution in [2.24, 2.45) is 0 Å². The van der Waals surface area contributed by atoms with E-state index in [2.05, 4.69) is 5.32 Å². The molecule has 1 N–H and O–H groups in total. The maximum absolute atomic E-state index is 12.1. The lowest BCUT2D eigenvalue weighted by molar-refractivity contribution is 0.0636. The molecule has 1 aromatic rings. The maximum atomic E-state index is 12.1. The minimum atomic E-state index is -2.45. The number of halogens is 2. The number of thioether (sulfide) groups is 1. The Morgan fingerprint density at radius 1 is 1.28 bits per heavy atom. The molecule has 0 saturated heterocycles. The van der Waals surface area contributed by atoms with Crippen molar-refractivity contribution in [3.63, 3.8) is 0 Å². The normalized spacial score (nSPS) is 11.4. The van der Waals surface area contributed by atoms with E-state index in [0.29, 0.717) is 22.3 Å². The molecule has 18 heavy (non-hydrogen) atoms. The van der Waals surface area contributed by atoms with Crippen molar-refractivity contribution in [2.75, 3.05) is 5.32 Å². The molecule has 0 spiro atoms. The molecule has 100 valence electrons. The molecule has 0 aliphatic heterocycles. The van der Waals surface area contributed by atoms with Gasteiger partial charge in [0.05, 0.1) is 0 Å². The molecule has 0 unspecified atom stereocenters. The topological polar surface area (TPSA) is 38.3 Å². The molecule has 0 radical (unpaired) electrons. The lowest BCUT2D eigenvalue weighted by Gasteiger charge is -2.19. The quantitative estimate of drug-likeness (QED) is 0.833. The van der Waals surface area contributed by atoms with Crippen LogP contribution in [0.15, 0.2) is 29.2 Å². The number of anilines is 1. The summed E-state index contributed by atoms with van der Waals surface area (Å²) in [5, 5.41) is 2.52. The zero-order valence-corrected chi connectivity index (χ0v) is 11.2. The van der Waals surface area contributed by atoms with Crippen molar-refractivity contribution < 1.29 is 18.3 Å². The molecular formula is C12H15F2NO2S. The maximum Gasteiger partial charge on any atom is 0.412 e. The number of ether oxygens (including phenoxy) is 1. The lowest BCUT2D eigenvalue weighted by Crippen LogP contribution is -2.27. The van der Waals surface area contributed by atoms with Crippen LogP contribution in [0, 0.1) is 0 Å². The van der Waals surface area contributed by atoms with Gasteiger partial charge in [-0.3, -0.25) is 5.32 Å². The average Bonchev–Trinajstić information content (AvgIpc) is 2.17. The Morgan fingerprint density at radius 3 is 2.28 bits per heavy atom. The fourth-order valence-corrected chi connectivity index (χ4v) is 1.64. The van der Waals surface area contributed by atoms with Gasteiger partial charge in [-0.2, -0.15) is 8.78 Å². The summed E-state index contributed by atoms with van der Waals surface area (Å²) in [6.45, 7) is 5.28. The van der Waals surface area contributed by atoms with Crippen LogP contribution in [0.3, 0.4) is 0 Å². The Hall–Kier alpha value is -1.30. The van der Waals surface area contributed by atoms with Crippen molar-refractivity contribution in [3.8, 4) is 0 Å². The molecule has 0 aliphatic rings. The first-order valence-corrected chi connectivity index (χ1v) is 6.19. The van der Waals surface area contributed by atoms with Crippen molar-refractivity contribution >= 4 is 23.5 Å². The van der Waals surface area contributed by atoms with Gasteiger partial charge in [0.2, 0.25) is 0 Å². The van der Waals surface area contributed by atoms with E-state index < -0.39 is 17.5 Å². The van der Waals surface area contributed by atoms with Crippen molar-refractivity contribution in [1.82, 2.24) is 0 Å². The molecule has 0 bridgehead atoms. The average molecular weight is 275 g/mol. The number of rotatable bonds is 3. The Bertz CT molecular complexity index is 402. The highest BCUT2D eigenvalue weighted by molar-refractivity contribution is 7.99. The first kappa shape index (κ1) is 14.8. The smallest absolute Gasteiger partial charge is 0.412 e. The zero-order valence-electron chi connectivity index (χ0n) is 10.4. The van der Waals surface area contributed by atoms with Crippen LogP contribution < -0.4 is 5.32 Å². The molecule has 1 aromatic carbocycles. The van der Waals surface area contributed by atoms with Crippen molar-refractivity contribution in [2.45, 2.75) is 37.0 Å². The predicted octanol–water partition coefficient (Wildman–Crippen LogP) is 4.35. The van der Waals surface area contributed by atoms with Crippen LogP contribution in [0.2, 0.25) is 0 Å². The Kier molecular flexibility index (Phi) is 4.95. The summed E-state index contributed by atoms with van der Waals surface area (Å²) in [6, 6.07) is 6.14. The SMILES string of the molecule is CC(C)(C)OC(=O)Nc1ccc(SC(F)F)cc1. The van der Waals surface area contributed by atoms with Gasteiger partial charge < -0.3 is 4.74 Å². The third-order valence-electron chi connectivity index (χ3n) is 1.72. The second-order valence-electron chi connectivity index (χ2n) is 4.53. The number of amides is 1. The second-order valence-corrected chi connectivity index (χ2v) is 5.59. The third kappa shape index (κ3) is 5.86. The highest BCUT2D eigenvalue weighted by Gasteiger charge is 2.16. The summed E-state index contributed by atoms with van der Waals surface area (Å²) < 4.78 is 29.2. The van der Waals surface area contributed by atoms with Gasteiger partial charge in [0.25, 0.3) is 5.76 Å². The molecule has 1 rings (SSSR count). The Balaban J connectivity index is 2.56. The fraction of sp³-hybridized carbons (Fsp3) is 0.417. The molecule has 0 saturated carbocycles. The van der Waals surface area contributed by atoms with Gasteiger partial charge in [-0.1, -0.05) is 11.8 Å². The monoisotopic (exact) mass is 275 g/mol. The third-order valence-corrected chi connectivity index (χ3v) is 2.45. The van der Waals surface area contributed by atoms with Gasteiger partial charge in [0.15, 0.2) is 0 Å². The first-order valence-electron chi connectivity index (χ1n) is 5.31. The van der Waals surface area contributed by atoms with Crippen molar-refractivity contribution in [1.29, 1.82) is 0 Å². The van der Waals surface area contributed by atoms with Gasteiger partial charge in [-0.15, -0.1) is 0 Å². The second kappa shape index (κ2) is 6.04. The molecular weight excluding hydrogens is 260 g/mol. The molecule has 3 nitrogen and oxygen atoms in total. The van der Waals surface area contributed by atoms with E-state index >= 15 is 0 Å². The summed E-state index contributed by atoms with van der Waals surface area (Å²) in [6.07, 6.45) is -0.572. The van der Waals surface area contributed by atoms with Crippen LogP contribution in [0.1, 0.15) is 20.8 Å². The number of carbonyl (C=O) groups is 1. The van der Waals surface area contributed by atoms with Gasteiger partial charge in [-0.05, 0) is 45.0 Å². The van der Waals surface area contributed by atoms with Crippen molar-refractivity contribution in [3.05, 3.63) is 24.3 Å². The fourth-order valence-electron chi connectivity index (χ4n) is 1.14. The largest absolute Gasteiger partial charge is 0.444 e. The van der Waals surface area contributed by atoms with E-state index in [-0.39, 0.29) is 0 Å². The first-order chi connectivity index (χ1) is 8.26. The number of benzene rings is 1. The summed E-state index contributed by atoms with van der Waals surface area (Å²) in [7, 11) is 0. The van der Waals surface area contributed by atoms with E-state index in [0.717, 1.165) is 0 Å². The van der Waals surface area contributed by atoms with Crippen LogP contribution in [0.4, 0.5) is 19.3 Å². The van der Waals surface area contributed by atoms with Crippen LogP contribution in [-0.2, 0) is 4.74 Å². The minimum Gasteiger partial charge on any atom is -0.444 e. The zero-order chi connectivity index (χ0) is 13.8. The summed E-state index contributed by atoms with van der Waals surface area (Å²) in [5.41, 5.74) is -0.0712. The van der Waals surface area contributed by atoms with Crippen LogP contribution in [0.25, 0.3) is 0 Å². The van der Waals surface area contributed by atoms with E-state index in [1.807, 2.05) is 0 Å². The number of hydrogen-bond acceptors (Lipinski definition) is 3. The number of carbonyl (C=O) groups excluding carboxylic acids is 1. The number of alkyl halides is 2.